The lowest BCUT2D eigenvalue weighted by atomic mass is 9.92. The minimum absolute atomic E-state index is 0.159. The average Bonchev–Trinajstić information content (AvgIpc) is 1.88. The third-order valence-corrected chi connectivity index (χ3v) is 1.38. The van der Waals surface area contributed by atoms with E-state index in [1.54, 1.807) is 6.92 Å². The van der Waals surface area contributed by atoms with Gasteiger partial charge in [-0.05, 0) is 6.92 Å². The van der Waals surface area contributed by atoms with Crippen LogP contribution in [0.15, 0.2) is 12.7 Å². The van der Waals surface area contributed by atoms with Gasteiger partial charge in [0.05, 0.1) is 6.61 Å². The molecule has 0 saturated carbocycles. The van der Waals surface area contributed by atoms with Crippen LogP contribution in [0.3, 0.4) is 0 Å². The maximum Gasteiger partial charge on any atom is 0.315 e. The molecule has 0 aromatic heterocycles. The highest BCUT2D eigenvalue weighted by atomic mass is 16.5. The second-order valence-corrected chi connectivity index (χ2v) is 2.36. The maximum atomic E-state index is 10.5. The SMILES string of the molecule is C=CC(C)(COC)C(=O)O. The van der Waals surface area contributed by atoms with Gasteiger partial charge in [-0.25, -0.2) is 0 Å². The first-order chi connectivity index (χ1) is 4.56. The molecule has 0 rings (SSSR count). The molecule has 0 fully saturated rings. The second kappa shape index (κ2) is 3.37. The molecule has 3 nitrogen and oxygen atoms in total. The van der Waals surface area contributed by atoms with Crippen molar-refractivity contribution in [3.8, 4) is 0 Å². The molecule has 1 N–H and O–H groups in total. The molecule has 0 spiro atoms. The van der Waals surface area contributed by atoms with Crippen LogP contribution in [0.1, 0.15) is 6.92 Å². The molecule has 0 aliphatic carbocycles. The molecule has 0 heterocycles. The van der Waals surface area contributed by atoms with Gasteiger partial charge in [-0.2, -0.15) is 0 Å². The van der Waals surface area contributed by atoms with Crippen LogP contribution in [-0.2, 0) is 9.53 Å². The second-order valence-electron chi connectivity index (χ2n) is 2.36. The molecule has 0 aliphatic heterocycles. The molecule has 3 heteroatoms. The number of hydrogen-bond donors (Lipinski definition) is 1. The van der Waals surface area contributed by atoms with Crippen LogP contribution in [0.5, 0.6) is 0 Å². The molecule has 1 unspecified atom stereocenters. The molecule has 0 bridgehead atoms. The highest BCUT2D eigenvalue weighted by Gasteiger charge is 2.28. The third-order valence-electron chi connectivity index (χ3n) is 1.38. The Bertz CT molecular complexity index is 142. The number of methoxy groups -OCH3 is 1. The number of carboxylic acid groups (broad SMARTS) is 1. The van der Waals surface area contributed by atoms with E-state index in [1.165, 1.54) is 13.2 Å². The van der Waals surface area contributed by atoms with Crippen molar-refractivity contribution < 1.29 is 14.6 Å². The minimum atomic E-state index is -0.950. The number of carbonyl (C=O) groups is 1. The summed E-state index contributed by atoms with van der Waals surface area (Å²) in [5.74, 6) is -0.913. The lowest BCUT2D eigenvalue weighted by molar-refractivity contribution is -0.147. The lowest BCUT2D eigenvalue weighted by Gasteiger charge is -2.18. The van der Waals surface area contributed by atoms with Crippen molar-refractivity contribution in [3.05, 3.63) is 12.7 Å². The van der Waals surface area contributed by atoms with Crippen molar-refractivity contribution in [3.63, 3.8) is 0 Å². The third kappa shape index (κ3) is 1.84. The summed E-state index contributed by atoms with van der Waals surface area (Å²) in [6.45, 7) is 5.13. The number of ether oxygens (including phenoxy) is 1. The Morgan fingerprint density at radius 2 is 2.40 bits per heavy atom. The Kier molecular flexibility index (Phi) is 3.09. The van der Waals surface area contributed by atoms with Crippen molar-refractivity contribution in [2.24, 2.45) is 5.41 Å². The Hall–Kier alpha value is -0.830. The van der Waals surface area contributed by atoms with E-state index < -0.39 is 11.4 Å². The van der Waals surface area contributed by atoms with E-state index in [-0.39, 0.29) is 6.61 Å². The van der Waals surface area contributed by atoms with E-state index in [9.17, 15) is 4.79 Å². The summed E-state index contributed by atoms with van der Waals surface area (Å²) < 4.78 is 4.71. The van der Waals surface area contributed by atoms with Crippen LogP contribution >= 0.6 is 0 Å². The van der Waals surface area contributed by atoms with Gasteiger partial charge in [-0.15, -0.1) is 6.58 Å². The largest absolute Gasteiger partial charge is 0.481 e. The topological polar surface area (TPSA) is 46.5 Å². The molecule has 0 radical (unpaired) electrons. The minimum Gasteiger partial charge on any atom is -0.481 e. The molecule has 0 saturated heterocycles. The Morgan fingerprint density at radius 1 is 1.90 bits per heavy atom. The standard InChI is InChI=1S/C7H12O3/c1-4-7(2,5-10-3)6(8)9/h4H,1,5H2,2-3H3,(H,8,9). The molecule has 1 atom stereocenters. The number of hydrogen-bond acceptors (Lipinski definition) is 2. The Balaban J connectivity index is 4.22. The van der Waals surface area contributed by atoms with Crippen LogP contribution < -0.4 is 0 Å². The van der Waals surface area contributed by atoms with Gasteiger partial charge in [0.1, 0.15) is 5.41 Å². The molecule has 0 amide bonds. The average molecular weight is 144 g/mol. The first-order valence-corrected chi connectivity index (χ1v) is 2.93. The van der Waals surface area contributed by atoms with Crippen LogP contribution in [0, 0.1) is 5.41 Å². The molecular formula is C7H12O3. The summed E-state index contributed by atoms with van der Waals surface area (Å²) in [6, 6.07) is 0. The van der Waals surface area contributed by atoms with Crippen LogP contribution in [0.4, 0.5) is 0 Å². The van der Waals surface area contributed by atoms with Crippen molar-refractivity contribution in [1.29, 1.82) is 0 Å². The zero-order valence-electron chi connectivity index (χ0n) is 6.26. The molecule has 0 aromatic rings. The summed E-state index contributed by atoms with van der Waals surface area (Å²) in [5, 5.41) is 8.61. The summed E-state index contributed by atoms with van der Waals surface area (Å²) >= 11 is 0. The lowest BCUT2D eigenvalue weighted by Crippen LogP contribution is -2.29. The van der Waals surface area contributed by atoms with Crippen LogP contribution in [0.25, 0.3) is 0 Å². The number of rotatable bonds is 4. The predicted octanol–water partition coefficient (Wildman–Crippen LogP) is 0.910. The first-order valence-electron chi connectivity index (χ1n) is 2.93. The van der Waals surface area contributed by atoms with Crippen molar-refractivity contribution in [2.75, 3.05) is 13.7 Å². The Morgan fingerprint density at radius 3 is 2.50 bits per heavy atom. The van der Waals surface area contributed by atoms with Gasteiger partial charge in [-0.1, -0.05) is 6.08 Å². The first kappa shape index (κ1) is 9.17. The molecule has 10 heavy (non-hydrogen) atoms. The van der Waals surface area contributed by atoms with Gasteiger partial charge in [0.2, 0.25) is 0 Å². The van der Waals surface area contributed by atoms with Crippen molar-refractivity contribution in [1.82, 2.24) is 0 Å². The van der Waals surface area contributed by atoms with Gasteiger partial charge >= 0.3 is 5.97 Å². The van der Waals surface area contributed by atoms with Crippen LogP contribution in [-0.4, -0.2) is 24.8 Å². The zero-order chi connectivity index (χ0) is 8.20. The van der Waals surface area contributed by atoms with Crippen molar-refractivity contribution >= 4 is 5.97 Å². The van der Waals surface area contributed by atoms with E-state index in [2.05, 4.69) is 6.58 Å². The zero-order valence-corrected chi connectivity index (χ0v) is 6.26. The predicted molar refractivity (Wildman–Crippen MR) is 37.8 cm³/mol. The van der Waals surface area contributed by atoms with Crippen molar-refractivity contribution in [2.45, 2.75) is 6.92 Å². The highest BCUT2D eigenvalue weighted by Crippen LogP contribution is 2.17. The summed E-state index contributed by atoms with van der Waals surface area (Å²) in [4.78, 5) is 10.5. The summed E-state index contributed by atoms with van der Waals surface area (Å²) in [6.07, 6.45) is 1.37. The van der Waals surface area contributed by atoms with E-state index in [1.807, 2.05) is 0 Å². The smallest absolute Gasteiger partial charge is 0.315 e. The highest BCUT2D eigenvalue weighted by molar-refractivity contribution is 5.76. The van der Waals surface area contributed by atoms with Crippen LogP contribution in [0.2, 0.25) is 0 Å². The fraction of sp³-hybridized carbons (Fsp3) is 0.571. The number of aliphatic carboxylic acids is 1. The quantitative estimate of drug-likeness (QED) is 0.596. The molecule has 58 valence electrons. The maximum absolute atomic E-state index is 10.5. The van der Waals surface area contributed by atoms with Gasteiger partial charge in [0.15, 0.2) is 0 Å². The molecule has 0 aromatic carbocycles. The molecule has 0 aliphatic rings. The number of carboxylic acids is 1. The summed E-state index contributed by atoms with van der Waals surface area (Å²) in [7, 11) is 1.46. The van der Waals surface area contributed by atoms with Gasteiger partial charge in [0.25, 0.3) is 0 Å². The van der Waals surface area contributed by atoms with Gasteiger partial charge in [0, 0.05) is 7.11 Å². The van der Waals surface area contributed by atoms with E-state index in [0.29, 0.717) is 0 Å². The Labute approximate surface area is 60.3 Å². The molecular weight excluding hydrogens is 132 g/mol. The fourth-order valence-corrected chi connectivity index (χ4v) is 0.508. The van der Waals surface area contributed by atoms with E-state index in [4.69, 9.17) is 9.84 Å². The fourth-order valence-electron chi connectivity index (χ4n) is 0.508. The monoisotopic (exact) mass is 144 g/mol. The van der Waals surface area contributed by atoms with E-state index >= 15 is 0 Å². The normalized spacial score (nSPS) is 15.8. The van der Waals surface area contributed by atoms with Gasteiger partial charge in [-0.3, -0.25) is 4.79 Å². The summed E-state index contributed by atoms with van der Waals surface area (Å²) in [5.41, 5.74) is -0.950. The van der Waals surface area contributed by atoms with Gasteiger partial charge < -0.3 is 9.84 Å². The van der Waals surface area contributed by atoms with E-state index in [0.717, 1.165) is 0 Å².